The molecular formula is C9H20N2. The molecule has 1 rings (SSSR count). The normalized spacial score (nSPS) is 32.7. The van der Waals surface area contributed by atoms with Crippen LogP contribution in [0.5, 0.6) is 0 Å². The second-order valence-corrected chi connectivity index (χ2v) is 3.90. The first-order valence-electron chi connectivity index (χ1n) is 4.68. The van der Waals surface area contributed by atoms with Crippen molar-refractivity contribution in [2.24, 2.45) is 0 Å². The lowest BCUT2D eigenvalue weighted by Gasteiger charge is -2.29. The number of piperidine rings is 1. The average Bonchev–Trinajstić information content (AvgIpc) is 1.93. The topological polar surface area (TPSA) is 24.1 Å². The third kappa shape index (κ3) is 3.21. The Balaban J connectivity index is 2.17. The van der Waals surface area contributed by atoms with Crippen molar-refractivity contribution >= 4 is 0 Å². The molecule has 11 heavy (non-hydrogen) atoms. The van der Waals surface area contributed by atoms with Crippen LogP contribution in [0.1, 0.15) is 33.6 Å². The fourth-order valence-corrected chi connectivity index (χ4v) is 1.61. The minimum absolute atomic E-state index is 0.621. The largest absolute Gasteiger partial charge is 0.313 e. The quantitative estimate of drug-likeness (QED) is 0.626. The molecular weight excluding hydrogens is 136 g/mol. The molecule has 1 saturated heterocycles. The number of nitrogens with one attached hydrogen (secondary N) is 2. The Hall–Kier alpha value is -0.0800. The SMILES string of the molecule is CC(C)N[C@@H]1CC[C@@H](C)NC1. The highest BCUT2D eigenvalue weighted by Gasteiger charge is 2.16. The van der Waals surface area contributed by atoms with Crippen LogP contribution >= 0.6 is 0 Å². The molecule has 1 fully saturated rings. The highest BCUT2D eigenvalue weighted by Crippen LogP contribution is 2.07. The third-order valence-corrected chi connectivity index (χ3v) is 2.23. The van der Waals surface area contributed by atoms with Crippen molar-refractivity contribution in [3.8, 4) is 0 Å². The molecule has 0 spiro atoms. The van der Waals surface area contributed by atoms with E-state index in [9.17, 15) is 0 Å². The number of rotatable bonds is 2. The van der Waals surface area contributed by atoms with E-state index in [0.717, 1.165) is 12.6 Å². The third-order valence-electron chi connectivity index (χ3n) is 2.23. The van der Waals surface area contributed by atoms with Gasteiger partial charge in [0.05, 0.1) is 0 Å². The van der Waals surface area contributed by atoms with Gasteiger partial charge in [-0.2, -0.15) is 0 Å². The predicted molar refractivity (Wildman–Crippen MR) is 48.8 cm³/mol. The van der Waals surface area contributed by atoms with Crippen LogP contribution < -0.4 is 10.6 Å². The first-order valence-corrected chi connectivity index (χ1v) is 4.68. The molecule has 0 bridgehead atoms. The van der Waals surface area contributed by atoms with Gasteiger partial charge in [-0.25, -0.2) is 0 Å². The van der Waals surface area contributed by atoms with Gasteiger partial charge in [0.2, 0.25) is 0 Å². The van der Waals surface area contributed by atoms with E-state index in [0.29, 0.717) is 12.1 Å². The van der Waals surface area contributed by atoms with Crippen molar-refractivity contribution in [3.05, 3.63) is 0 Å². The van der Waals surface area contributed by atoms with Crippen molar-refractivity contribution < 1.29 is 0 Å². The summed E-state index contributed by atoms with van der Waals surface area (Å²) in [4.78, 5) is 0. The van der Waals surface area contributed by atoms with Crippen molar-refractivity contribution in [1.82, 2.24) is 10.6 Å². The summed E-state index contributed by atoms with van der Waals surface area (Å²) in [7, 11) is 0. The molecule has 2 N–H and O–H groups in total. The van der Waals surface area contributed by atoms with Crippen molar-refractivity contribution in [2.75, 3.05) is 6.54 Å². The molecule has 0 aliphatic carbocycles. The van der Waals surface area contributed by atoms with Crippen LogP contribution in [0.25, 0.3) is 0 Å². The maximum Gasteiger partial charge on any atom is 0.0195 e. The molecule has 1 aliphatic heterocycles. The standard InChI is InChI=1S/C9H20N2/c1-7(2)11-9-5-4-8(3)10-6-9/h7-11H,4-6H2,1-3H3/t8-,9-/m1/s1. The summed E-state index contributed by atoms with van der Waals surface area (Å²) in [6.07, 6.45) is 2.64. The lowest BCUT2D eigenvalue weighted by atomic mass is 10.0. The highest BCUT2D eigenvalue weighted by atomic mass is 15.0. The molecule has 66 valence electrons. The molecule has 1 aliphatic rings. The second kappa shape index (κ2) is 4.07. The van der Waals surface area contributed by atoms with Crippen molar-refractivity contribution in [2.45, 2.75) is 51.7 Å². The van der Waals surface area contributed by atoms with Gasteiger partial charge in [-0.3, -0.25) is 0 Å². The Morgan fingerprint density at radius 2 is 2.09 bits per heavy atom. The van der Waals surface area contributed by atoms with Gasteiger partial charge in [0, 0.05) is 24.7 Å². The Morgan fingerprint density at radius 1 is 1.36 bits per heavy atom. The van der Waals surface area contributed by atoms with Crippen LogP contribution in [0.2, 0.25) is 0 Å². The summed E-state index contributed by atoms with van der Waals surface area (Å²) >= 11 is 0. The number of hydrogen-bond acceptors (Lipinski definition) is 2. The van der Waals surface area contributed by atoms with E-state index in [1.165, 1.54) is 12.8 Å². The average molecular weight is 156 g/mol. The Morgan fingerprint density at radius 3 is 2.55 bits per heavy atom. The van der Waals surface area contributed by atoms with Crippen LogP contribution in [-0.4, -0.2) is 24.7 Å². The van der Waals surface area contributed by atoms with Crippen molar-refractivity contribution in [1.29, 1.82) is 0 Å². The van der Waals surface area contributed by atoms with Crippen LogP contribution in [0, 0.1) is 0 Å². The van der Waals surface area contributed by atoms with E-state index >= 15 is 0 Å². The predicted octanol–water partition coefficient (Wildman–Crippen LogP) is 1.12. The zero-order chi connectivity index (χ0) is 8.27. The minimum Gasteiger partial charge on any atom is -0.313 e. The van der Waals surface area contributed by atoms with E-state index in [-0.39, 0.29) is 0 Å². The second-order valence-electron chi connectivity index (χ2n) is 3.90. The fourth-order valence-electron chi connectivity index (χ4n) is 1.61. The summed E-state index contributed by atoms with van der Waals surface area (Å²) < 4.78 is 0. The molecule has 1 heterocycles. The summed E-state index contributed by atoms with van der Waals surface area (Å²) in [5, 5.41) is 7.01. The molecule has 0 saturated carbocycles. The van der Waals surface area contributed by atoms with E-state index in [4.69, 9.17) is 0 Å². The monoisotopic (exact) mass is 156 g/mol. The van der Waals surface area contributed by atoms with Gasteiger partial charge in [-0.1, -0.05) is 13.8 Å². The first kappa shape index (κ1) is 9.01. The van der Waals surface area contributed by atoms with Crippen LogP contribution in [0.3, 0.4) is 0 Å². The van der Waals surface area contributed by atoms with Gasteiger partial charge in [0.25, 0.3) is 0 Å². The Labute approximate surface area is 69.8 Å². The lowest BCUT2D eigenvalue weighted by Crippen LogP contribution is -2.48. The molecule has 0 unspecified atom stereocenters. The molecule has 0 amide bonds. The molecule has 0 radical (unpaired) electrons. The van der Waals surface area contributed by atoms with Gasteiger partial charge in [-0.05, 0) is 19.8 Å². The molecule has 2 heteroatoms. The molecule has 0 aromatic heterocycles. The number of hydrogen-bond donors (Lipinski definition) is 2. The molecule has 2 atom stereocenters. The van der Waals surface area contributed by atoms with Crippen LogP contribution in [0.4, 0.5) is 0 Å². The summed E-state index contributed by atoms with van der Waals surface area (Å²) in [5.41, 5.74) is 0. The highest BCUT2D eigenvalue weighted by molar-refractivity contribution is 4.80. The zero-order valence-corrected chi connectivity index (χ0v) is 7.85. The van der Waals surface area contributed by atoms with Crippen LogP contribution in [-0.2, 0) is 0 Å². The summed E-state index contributed by atoms with van der Waals surface area (Å²) in [6.45, 7) is 7.81. The van der Waals surface area contributed by atoms with Gasteiger partial charge >= 0.3 is 0 Å². The maximum absolute atomic E-state index is 3.54. The molecule has 2 nitrogen and oxygen atoms in total. The Bertz CT molecular complexity index is 104. The van der Waals surface area contributed by atoms with Gasteiger partial charge in [0.15, 0.2) is 0 Å². The first-order chi connectivity index (χ1) is 5.18. The van der Waals surface area contributed by atoms with E-state index < -0.39 is 0 Å². The van der Waals surface area contributed by atoms with E-state index in [1.807, 2.05) is 0 Å². The fraction of sp³-hybridized carbons (Fsp3) is 1.00. The maximum atomic E-state index is 3.54. The Kier molecular flexibility index (Phi) is 3.34. The van der Waals surface area contributed by atoms with Gasteiger partial charge < -0.3 is 10.6 Å². The minimum atomic E-state index is 0.621. The van der Waals surface area contributed by atoms with Gasteiger partial charge in [0.1, 0.15) is 0 Å². The van der Waals surface area contributed by atoms with E-state index in [2.05, 4.69) is 31.4 Å². The smallest absolute Gasteiger partial charge is 0.0195 e. The van der Waals surface area contributed by atoms with E-state index in [1.54, 1.807) is 0 Å². The van der Waals surface area contributed by atoms with Gasteiger partial charge in [-0.15, -0.1) is 0 Å². The summed E-state index contributed by atoms with van der Waals surface area (Å²) in [5.74, 6) is 0. The molecule has 0 aromatic carbocycles. The summed E-state index contributed by atoms with van der Waals surface area (Å²) in [6, 6.07) is 2.04. The van der Waals surface area contributed by atoms with Crippen molar-refractivity contribution in [3.63, 3.8) is 0 Å². The molecule has 0 aromatic rings. The van der Waals surface area contributed by atoms with Crippen LogP contribution in [0.15, 0.2) is 0 Å². The lowest BCUT2D eigenvalue weighted by molar-refractivity contribution is 0.323. The zero-order valence-electron chi connectivity index (χ0n) is 7.85.